The molecule has 25 heavy (non-hydrogen) atoms. The molecule has 0 aliphatic carbocycles. The Bertz CT molecular complexity index is 986. The summed E-state index contributed by atoms with van der Waals surface area (Å²) < 4.78 is 14.0. The lowest BCUT2D eigenvalue weighted by molar-refractivity contribution is -0.115. The second kappa shape index (κ2) is 6.24. The number of aliphatic imine (C=N–C) groups is 1. The summed E-state index contributed by atoms with van der Waals surface area (Å²) in [6, 6.07) is 13.6. The highest BCUT2D eigenvalue weighted by atomic mass is 19.1. The zero-order valence-electron chi connectivity index (χ0n) is 13.1. The maximum Gasteiger partial charge on any atom is 0.230 e. The molecule has 0 spiro atoms. The summed E-state index contributed by atoms with van der Waals surface area (Å²) in [5.74, 6) is -0.491. The van der Waals surface area contributed by atoms with Gasteiger partial charge in [0.25, 0.3) is 0 Å². The summed E-state index contributed by atoms with van der Waals surface area (Å²) >= 11 is 0. The fourth-order valence-corrected chi connectivity index (χ4v) is 2.76. The van der Waals surface area contributed by atoms with Crippen LogP contribution in [0.5, 0.6) is 0 Å². The molecule has 5 nitrogen and oxygen atoms in total. The second-order valence-electron chi connectivity index (χ2n) is 5.63. The van der Waals surface area contributed by atoms with E-state index in [2.05, 4.69) is 20.5 Å². The molecule has 0 atom stereocenters. The lowest BCUT2D eigenvalue weighted by atomic mass is 10.0. The van der Waals surface area contributed by atoms with Gasteiger partial charge in [-0.25, -0.2) is 4.39 Å². The Kier molecular flexibility index (Phi) is 3.78. The molecule has 1 aliphatic heterocycles. The summed E-state index contributed by atoms with van der Waals surface area (Å²) in [6.07, 6.45) is 3.27. The molecule has 2 aromatic carbocycles. The minimum Gasteiger partial charge on any atom is -0.324 e. The van der Waals surface area contributed by atoms with Crippen molar-refractivity contribution in [3.05, 3.63) is 72.3 Å². The Hall–Kier alpha value is -3.41. The smallest absolute Gasteiger partial charge is 0.230 e. The third-order valence-corrected chi connectivity index (χ3v) is 3.96. The molecule has 3 aromatic rings. The van der Waals surface area contributed by atoms with Gasteiger partial charge in [-0.1, -0.05) is 24.3 Å². The topological polar surface area (TPSA) is 67.2 Å². The number of hydrogen-bond donors (Lipinski definition) is 1. The predicted octanol–water partition coefficient (Wildman–Crippen LogP) is 3.75. The molecule has 0 saturated heterocycles. The van der Waals surface area contributed by atoms with E-state index in [9.17, 15) is 9.18 Å². The number of rotatable bonds is 2. The van der Waals surface area contributed by atoms with Gasteiger partial charge in [-0.2, -0.15) is 10.2 Å². The summed E-state index contributed by atoms with van der Waals surface area (Å²) in [7, 11) is 0. The van der Waals surface area contributed by atoms with E-state index < -0.39 is 0 Å². The number of aromatic nitrogens is 2. The van der Waals surface area contributed by atoms with E-state index in [-0.39, 0.29) is 18.1 Å². The molecular formula is C19H13FN4O. The van der Waals surface area contributed by atoms with Crippen molar-refractivity contribution in [3.8, 4) is 11.1 Å². The van der Waals surface area contributed by atoms with Crippen molar-refractivity contribution in [3.63, 3.8) is 0 Å². The van der Waals surface area contributed by atoms with E-state index in [1.807, 2.05) is 0 Å². The van der Waals surface area contributed by atoms with E-state index in [0.29, 0.717) is 28.2 Å². The predicted molar refractivity (Wildman–Crippen MR) is 93.3 cm³/mol. The van der Waals surface area contributed by atoms with E-state index in [1.165, 1.54) is 6.07 Å². The van der Waals surface area contributed by atoms with Crippen LogP contribution in [0, 0.1) is 5.82 Å². The van der Waals surface area contributed by atoms with Crippen molar-refractivity contribution >= 4 is 23.0 Å². The van der Waals surface area contributed by atoms with Crippen molar-refractivity contribution in [1.82, 2.24) is 10.2 Å². The van der Waals surface area contributed by atoms with E-state index in [0.717, 1.165) is 5.56 Å². The number of amides is 1. The van der Waals surface area contributed by atoms with Crippen LogP contribution in [-0.4, -0.2) is 21.8 Å². The van der Waals surface area contributed by atoms with Gasteiger partial charge in [0.05, 0.1) is 35.9 Å². The van der Waals surface area contributed by atoms with Gasteiger partial charge in [-0.3, -0.25) is 9.79 Å². The van der Waals surface area contributed by atoms with Crippen molar-refractivity contribution in [1.29, 1.82) is 0 Å². The van der Waals surface area contributed by atoms with Gasteiger partial charge < -0.3 is 5.32 Å². The average molecular weight is 332 g/mol. The minimum atomic E-state index is -0.311. The van der Waals surface area contributed by atoms with Crippen molar-refractivity contribution in [2.75, 3.05) is 5.32 Å². The lowest BCUT2D eigenvalue weighted by Gasteiger charge is -2.09. The van der Waals surface area contributed by atoms with E-state index in [1.54, 1.807) is 54.9 Å². The molecule has 0 fully saturated rings. The summed E-state index contributed by atoms with van der Waals surface area (Å²) in [4.78, 5) is 16.8. The Morgan fingerprint density at radius 3 is 2.68 bits per heavy atom. The van der Waals surface area contributed by atoms with Crippen LogP contribution < -0.4 is 5.32 Å². The van der Waals surface area contributed by atoms with Crippen LogP contribution in [0.4, 0.5) is 15.8 Å². The third-order valence-electron chi connectivity index (χ3n) is 3.96. The van der Waals surface area contributed by atoms with Crippen LogP contribution >= 0.6 is 0 Å². The standard InChI is InChI=1S/C19H13FN4O/c20-15-4-2-1-3-14(15)12-5-6-16-18(9-12)24-19(25)10-17(23-16)13-7-8-21-22-11-13/h1-9,11H,10H2,(H,24,25). The molecule has 1 aliphatic rings. The van der Waals surface area contributed by atoms with Gasteiger partial charge >= 0.3 is 0 Å². The van der Waals surface area contributed by atoms with Crippen LogP contribution in [0.15, 0.2) is 65.9 Å². The number of benzene rings is 2. The quantitative estimate of drug-likeness (QED) is 0.777. The molecule has 0 unspecified atom stereocenters. The molecule has 0 bridgehead atoms. The van der Waals surface area contributed by atoms with Gasteiger partial charge in [0.2, 0.25) is 5.91 Å². The van der Waals surface area contributed by atoms with Crippen LogP contribution in [0.25, 0.3) is 11.1 Å². The van der Waals surface area contributed by atoms with Crippen molar-refractivity contribution < 1.29 is 9.18 Å². The first kappa shape index (κ1) is 15.1. The lowest BCUT2D eigenvalue weighted by Crippen LogP contribution is -2.15. The SMILES string of the molecule is O=C1CC(c2ccnnc2)=Nc2ccc(-c3ccccc3F)cc2N1. The summed E-state index contributed by atoms with van der Waals surface area (Å²) in [5, 5.41) is 10.4. The first-order chi connectivity index (χ1) is 12.2. The van der Waals surface area contributed by atoms with E-state index >= 15 is 0 Å². The Morgan fingerprint density at radius 1 is 1.00 bits per heavy atom. The molecule has 6 heteroatoms. The molecule has 4 rings (SSSR count). The molecule has 1 amide bonds. The van der Waals surface area contributed by atoms with Crippen LogP contribution in [0.1, 0.15) is 12.0 Å². The number of carbonyl (C=O) groups excluding carboxylic acids is 1. The zero-order valence-corrected chi connectivity index (χ0v) is 13.1. The monoisotopic (exact) mass is 332 g/mol. The molecule has 0 radical (unpaired) electrons. The Balaban J connectivity index is 1.80. The molecule has 122 valence electrons. The Morgan fingerprint density at radius 2 is 1.88 bits per heavy atom. The maximum absolute atomic E-state index is 14.0. The Labute approximate surface area is 143 Å². The highest BCUT2D eigenvalue weighted by Gasteiger charge is 2.18. The summed E-state index contributed by atoms with van der Waals surface area (Å²) in [5.41, 5.74) is 3.70. The molecule has 1 aromatic heterocycles. The van der Waals surface area contributed by atoms with Gasteiger partial charge in [0, 0.05) is 11.1 Å². The second-order valence-corrected chi connectivity index (χ2v) is 5.63. The third kappa shape index (κ3) is 3.01. The van der Waals surface area contributed by atoms with Gasteiger partial charge in [-0.05, 0) is 29.8 Å². The molecule has 1 N–H and O–H groups in total. The van der Waals surface area contributed by atoms with E-state index in [4.69, 9.17) is 0 Å². The molecule has 0 saturated carbocycles. The largest absolute Gasteiger partial charge is 0.324 e. The van der Waals surface area contributed by atoms with Gasteiger partial charge in [0.15, 0.2) is 0 Å². The fraction of sp³-hybridized carbons (Fsp3) is 0.0526. The number of fused-ring (bicyclic) bond motifs is 1. The number of hydrogen-bond acceptors (Lipinski definition) is 4. The number of halogens is 1. The van der Waals surface area contributed by atoms with Crippen molar-refractivity contribution in [2.24, 2.45) is 4.99 Å². The first-order valence-corrected chi connectivity index (χ1v) is 7.74. The highest BCUT2D eigenvalue weighted by molar-refractivity contribution is 6.16. The average Bonchev–Trinajstić information content (AvgIpc) is 2.80. The highest BCUT2D eigenvalue weighted by Crippen LogP contribution is 2.34. The van der Waals surface area contributed by atoms with Gasteiger partial charge in [0.1, 0.15) is 5.82 Å². The zero-order chi connectivity index (χ0) is 17.2. The number of nitrogens with one attached hydrogen (secondary N) is 1. The minimum absolute atomic E-state index is 0.134. The van der Waals surface area contributed by atoms with Crippen LogP contribution in [0.3, 0.4) is 0 Å². The van der Waals surface area contributed by atoms with Crippen LogP contribution in [0.2, 0.25) is 0 Å². The normalized spacial score (nSPS) is 13.5. The molecule has 2 heterocycles. The first-order valence-electron chi connectivity index (χ1n) is 7.74. The summed E-state index contributed by atoms with van der Waals surface area (Å²) in [6.45, 7) is 0. The number of anilines is 1. The fourth-order valence-electron chi connectivity index (χ4n) is 2.76. The van der Waals surface area contributed by atoms with Gasteiger partial charge in [-0.15, -0.1) is 0 Å². The number of carbonyl (C=O) groups is 1. The van der Waals surface area contributed by atoms with Crippen molar-refractivity contribution in [2.45, 2.75) is 6.42 Å². The maximum atomic E-state index is 14.0. The number of nitrogens with zero attached hydrogens (tertiary/aromatic N) is 3. The molecular weight excluding hydrogens is 319 g/mol. The van der Waals surface area contributed by atoms with Crippen LogP contribution in [-0.2, 0) is 4.79 Å².